The van der Waals surface area contributed by atoms with Gasteiger partial charge >= 0.3 is 19.8 Å². The highest BCUT2D eigenvalue weighted by Crippen LogP contribution is 2.43. The number of carbonyl (C=O) groups excluding carboxylic acids is 2. The molecule has 0 aliphatic carbocycles. The van der Waals surface area contributed by atoms with E-state index in [1.807, 2.05) is 0 Å². The van der Waals surface area contributed by atoms with Crippen molar-refractivity contribution < 1.29 is 37.6 Å². The van der Waals surface area contributed by atoms with Gasteiger partial charge in [-0.25, -0.2) is 4.57 Å². The fourth-order valence-corrected chi connectivity index (χ4v) is 6.87. The lowest BCUT2D eigenvalue weighted by Gasteiger charge is -2.19. The van der Waals surface area contributed by atoms with Crippen molar-refractivity contribution in [3.8, 4) is 0 Å². The summed E-state index contributed by atoms with van der Waals surface area (Å²) in [5.74, 6) is -0.814. The third kappa shape index (κ3) is 36.8. The monoisotopic (exact) mass is 734 g/mol. The van der Waals surface area contributed by atoms with Crippen molar-refractivity contribution in [1.29, 1.82) is 0 Å². The van der Waals surface area contributed by atoms with Crippen LogP contribution in [-0.2, 0) is 32.7 Å². The van der Waals surface area contributed by atoms with Crippen molar-refractivity contribution in [2.45, 2.75) is 219 Å². The molecule has 298 valence electrons. The van der Waals surface area contributed by atoms with E-state index in [-0.39, 0.29) is 38.6 Å². The SMILES string of the molecule is CCCCCCCCCCCCCCCCCC(=O)OC(COC(=O)CCCCCCCCCCCCCCCC)COP(=O)(O)OCCN. The Labute approximate surface area is 307 Å². The Hall–Kier alpha value is -0.990. The van der Waals surface area contributed by atoms with E-state index in [4.69, 9.17) is 24.3 Å². The molecular weight excluding hydrogens is 653 g/mol. The van der Waals surface area contributed by atoms with Gasteiger partial charge in [-0.15, -0.1) is 0 Å². The van der Waals surface area contributed by atoms with Crippen LogP contribution in [0.15, 0.2) is 0 Å². The van der Waals surface area contributed by atoms with Crippen molar-refractivity contribution in [2.75, 3.05) is 26.4 Å². The fourth-order valence-electron chi connectivity index (χ4n) is 6.11. The van der Waals surface area contributed by atoms with Crippen molar-refractivity contribution in [1.82, 2.24) is 0 Å². The summed E-state index contributed by atoms with van der Waals surface area (Å²) in [7, 11) is -4.36. The highest BCUT2D eigenvalue weighted by molar-refractivity contribution is 7.47. The molecule has 0 aromatic heterocycles. The molecule has 0 aliphatic rings. The highest BCUT2D eigenvalue weighted by atomic mass is 31.2. The second-order valence-corrected chi connectivity index (χ2v) is 15.7. The van der Waals surface area contributed by atoms with Crippen LogP contribution < -0.4 is 5.73 Å². The average Bonchev–Trinajstić information content (AvgIpc) is 3.10. The summed E-state index contributed by atoms with van der Waals surface area (Å²) in [4.78, 5) is 34.8. The second-order valence-electron chi connectivity index (χ2n) is 14.2. The topological polar surface area (TPSA) is 134 Å². The van der Waals surface area contributed by atoms with Crippen molar-refractivity contribution in [3.05, 3.63) is 0 Å². The zero-order chi connectivity index (χ0) is 36.8. The van der Waals surface area contributed by atoms with Crippen molar-refractivity contribution >= 4 is 19.8 Å². The summed E-state index contributed by atoms with van der Waals surface area (Å²) in [6, 6.07) is 0. The molecule has 0 aromatic rings. The molecule has 2 atom stereocenters. The van der Waals surface area contributed by atoms with Crippen LogP contribution >= 0.6 is 7.82 Å². The van der Waals surface area contributed by atoms with Crippen LogP contribution in [0.1, 0.15) is 213 Å². The zero-order valence-corrected chi connectivity index (χ0v) is 33.6. The molecule has 0 amide bonds. The molecule has 10 heteroatoms. The van der Waals surface area contributed by atoms with Crippen LogP contribution in [-0.4, -0.2) is 49.3 Å². The Morgan fingerprint density at radius 1 is 0.520 bits per heavy atom. The number of unbranched alkanes of at least 4 members (excludes halogenated alkanes) is 27. The Balaban J connectivity index is 4.13. The molecular formula is C40H80NO8P. The van der Waals surface area contributed by atoms with E-state index in [2.05, 4.69) is 13.8 Å². The zero-order valence-electron chi connectivity index (χ0n) is 32.7. The summed E-state index contributed by atoms with van der Waals surface area (Å²) in [5, 5.41) is 0. The van der Waals surface area contributed by atoms with Crippen LogP contribution in [0.3, 0.4) is 0 Å². The predicted molar refractivity (Wildman–Crippen MR) is 206 cm³/mol. The third-order valence-electron chi connectivity index (χ3n) is 9.24. The minimum Gasteiger partial charge on any atom is -0.462 e. The quantitative estimate of drug-likeness (QED) is 0.0358. The lowest BCUT2D eigenvalue weighted by Crippen LogP contribution is -2.29. The van der Waals surface area contributed by atoms with Crippen molar-refractivity contribution in [2.24, 2.45) is 5.73 Å². The molecule has 0 saturated carbocycles. The van der Waals surface area contributed by atoms with Crippen LogP contribution in [0.2, 0.25) is 0 Å². The number of esters is 2. The lowest BCUT2D eigenvalue weighted by molar-refractivity contribution is -0.161. The molecule has 0 radical (unpaired) electrons. The first kappa shape index (κ1) is 49.0. The smallest absolute Gasteiger partial charge is 0.462 e. The normalized spacial score (nSPS) is 13.3. The summed E-state index contributed by atoms with van der Waals surface area (Å²) in [5.41, 5.74) is 5.34. The molecule has 0 heterocycles. The van der Waals surface area contributed by atoms with Gasteiger partial charge in [0.2, 0.25) is 0 Å². The Morgan fingerprint density at radius 3 is 1.22 bits per heavy atom. The minimum absolute atomic E-state index is 0.0580. The highest BCUT2D eigenvalue weighted by Gasteiger charge is 2.26. The van der Waals surface area contributed by atoms with Gasteiger partial charge in [0.25, 0.3) is 0 Å². The van der Waals surface area contributed by atoms with Crippen molar-refractivity contribution in [3.63, 3.8) is 0 Å². The largest absolute Gasteiger partial charge is 0.472 e. The molecule has 2 unspecified atom stereocenters. The number of phosphoric acid groups is 1. The summed E-state index contributed by atoms with van der Waals surface area (Å²) >= 11 is 0. The summed E-state index contributed by atoms with van der Waals surface area (Å²) in [6.45, 7) is 3.76. The molecule has 0 aliphatic heterocycles. The summed E-state index contributed by atoms with van der Waals surface area (Å²) < 4.78 is 32.7. The standard InChI is InChI=1S/C40H80NO8P/c1-3-5-7-9-11-13-15-17-19-21-23-25-27-29-31-33-40(43)49-38(37-48-50(44,45)47-35-34-41)36-46-39(42)32-30-28-26-24-22-20-18-16-14-12-10-8-6-4-2/h38H,3-37,41H2,1-2H3,(H,44,45). The van der Waals surface area contributed by atoms with E-state index in [9.17, 15) is 19.0 Å². The molecule has 0 bridgehead atoms. The number of nitrogens with two attached hydrogens (primary N) is 1. The van der Waals surface area contributed by atoms with E-state index >= 15 is 0 Å². The number of rotatable bonds is 40. The number of carbonyl (C=O) groups is 2. The maximum atomic E-state index is 12.6. The van der Waals surface area contributed by atoms with Gasteiger partial charge in [0.05, 0.1) is 13.2 Å². The van der Waals surface area contributed by atoms with Gasteiger partial charge in [-0.1, -0.05) is 187 Å². The maximum Gasteiger partial charge on any atom is 0.472 e. The Bertz CT molecular complexity index is 799. The Morgan fingerprint density at radius 2 is 0.860 bits per heavy atom. The molecule has 0 aromatic carbocycles. The number of hydrogen-bond acceptors (Lipinski definition) is 8. The molecule has 0 rings (SSSR count). The van der Waals surface area contributed by atoms with Gasteiger partial charge in [-0.05, 0) is 12.8 Å². The van der Waals surface area contributed by atoms with Crippen LogP contribution in [0, 0.1) is 0 Å². The maximum absolute atomic E-state index is 12.6. The molecule has 9 nitrogen and oxygen atoms in total. The first-order valence-corrected chi connectivity index (χ1v) is 22.5. The van der Waals surface area contributed by atoms with Crippen LogP contribution in [0.4, 0.5) is 0 Å². The average molecular weight is 734 g/mol. The van der Waals surface area contributed by atoms with Gasteiger partial charge in [0, 0.05) is 19.4 Å². The van der Waals surface area contributed by atoms with E-state index < -0.39 is 26.5 Å². The van der Waals surface area contributed by atoms with Gasteiger partial charge in [0.15, 0.2) is 6.10 Å². The second kappa shape index (κ2) is 37.8. The van der Waals surface area contributed by atoms with E-state index in [0.29, 0.717) is 6.42 Å². The predicted octanol–water partition coefficient (Wildman–Crippen LogP) is 11.7. The van der Waals surface area contributed by atoms with Gasteiger partial charge in [-0.3, -0.25) is 18.6 Å². The molecule has 0 spiro atoms. The number of ether oxygens (including phenoxy) is 2. The van der Waals surface area contributed by atoms with E-state index in [1.165, 1.54) is 148 Å². The lowest BCUT2D eigenvalue weighted by atomic mass is 10.0. The first-order chi connectivity index (χ1) is 24.3. The summed E-state index contributed by atoms with van der Waals surface area (Å²) in [6.07, 6.45) is 35.5. The van der Waals surface area contributed by atoms with Crippen LogP contribution in [0.5, 0.6) is 0 Å². The molecule has 0 saturated heterocycles. The molecule has 3 N–H and O–H groups in total. The van der Waals surface area contributed by atoms with Gasteiger partial charge in [0.1, 0.15) is 6.61 Å². The number of hydrogen-bond donors (Lipinski definition) is 2. The van der Waals surface area contributed by atoms with E-state index in [0.717, 1.165) is 32.1 Å². The minimum atomic E-state index is -4.36. The number of phosphoric ester groups is 1. The molecule has 50 heavy (non-hydrogen) atoms. The van der Waals surface area contributed by atoms with Crippen LogP contribution in [0.25, 0.3) is 0 Å². The van der Waals surface area contributed by atoms with Gasteiger partial charge in [-0.2, -0.15) is 0 Å². The fraction of sp³-hybridized carbons (Fsp3) is 0.950. The van der Waals surface area contributed by atoms with Gasteiger partial charge < -0.3 is 20.1 Å². The Kier molecular flexibility index (Phi) is 37.0. The molecule has 0 fully saturated rings. The van der Waals surface area contributed by atoms with E-state index in [1.54, 1.807) is 0 Å². The third-order valence-corrected chi connectivity index (χ3v) is 10.2. The first-order valence-electron chi connectivity index (χ1n) is 21.0.